The fourth-order valence-electron chi connectivity index (χ4n) is 3.30. The van der Waals surface area contributed by atoms with Gasteiger partial charge >= 0.3 is 0 Å². The second kappa shape index (κ2) is 6.74. The van der Waals surface area contributed by atoms with E-state index in [1.165, 1.54) is 25.3 Å². The molecule has 0 radical (unpaired) electrons. The Labute approximate surface area is 146 Å². The van der Waals surface area contributed by atoms with E-state index in [4.69, 9.17) is 4.74 Å². The molecule has 136 valence electrons. The summed E-state index contributed by atoms with van der Waals surface area (Å²) >= 11 is 0. The van der Waals surface area contributed by atoms with Crippen LogP contribution >= 0.6 is 0 Å². The second-order valence-corrected chi connectivity index (χ2v) is 8.45. The Balaban J connectivity index is 1.80. The highest BCUT2D eigenvalue weighted by atomic mass is 32.2. The molecule has 3 rings (SSSR count). The molecule has 2 heterocycles. The van der Waals surface area contributed by atoms with Crippen LogP contribution in [0.4, 0.5) is 4.39 Å². The summed E-state index contributed by atoms with van der Waals surface area (Å²) in [5.74, 6) is -0.623. The highest BCUT2D eigenvalue weighted by Gasteiger charge is 2.36. The molecule has 0 spiro atoms. The lowest BCUT2D eigenvalue weighted by molar-refractivity contribution is 0.0933. The quantitative estimate of drug-likeness (QED) is 0.881. The summed E-state index contributed by atoms with van der Waals surface area (Å²) in [5, 5.41) is 3.71. The molecule has 1 amide bonds. The Morgan fingerprint density at radius 3 is 2.64 bits per heavy atom. The highest BCUT2D eigenvalue weighted by Crippen LogP contribution is 2.40. The first kappa shape index (κ1) is 17.8. The minimum absolute atomic E-state index is 0.0439. The number of alkyl halides is 1. The fourth-order valence-corrected chi connectivity index (χ4v) is 4.53. The molecule has 0 bridgehead atoms. The van der Waals surface area contributed by atoms with Gasteiger partial charge in [-0.2, -0.15) is 0 Å². The van der Waals surface area contributed by atoms with Crippen molar-refractivity contribution in [1.29, 1.82) is 0 Å². The lowest BCUT2D eigenvalue weighted by atomic mass is 9.83. The molecule has 1 fully saturated rings. The third-order valence-electron chi connectivity index (χ3n) is 4.65. The van der Waals surface area contributed by atoms with Gasteiger partial charge in [-0.05, 0) is 43.9 Å². The van der Waals surface area contributed by atoms with Gasteiger partial charge in [0, 0.05) is 5.41 Å². The Morgan fingerprint density at radius 2 is 2.04 bits per heavy atom. The molecule has 1 aliphatic carbocycles. The molecule has 1 N–H and O–H groups in total. The third kappa shape index (κ3) is 3.84. The van der Waals surface area contributed by atoms with E-state index in [-0.39, 0.29) is 22.9 Å². The second-order valence-electron chi connectivity index (χ2n) is 6.52. The summed E-state index contributed by atoms with van der Waals surface area (Å²) in [6.07, 6.45) is 4.90. The standard InChI is InChI=1S/C17H21FN2O4S/c1-24-16-13(15(21)19-12-7-10-25(22,23)11-12)5-6-14(20-16)17(18)8-3-2-4-9-17/h5-7,10,12H,2-4,8-9,11H2,1H3,(H,19,21)/t12-/m1/s1. The normalized spacial score (nSPS) is 24.0. The van der Waals surface area contributed by atoms with Gasteiger partial charge in [-0.3, -0.25) is 4.79 Å². The summed E-state index contributed by atoms with van der Waals surface area (Å²) in [6.45, 7) is 0. The van der Waals surface area contributed by atoms with Gasteiger partial charge in [-0.1, -0.05) is 6.42 Å². The average Bonchev–Trinajstić information content (AvgIpc) is 2.93. The van der Waals surface area contributed by atoms with Crippen LogP contribution in [-0.4, -0.2) is 38.2 Å². The summed E-state index contributed by atoms with van der Waals surface area (Å²) < 4.78 is 43.1. The number of carbonyl (C=O) groups is 1. The van der Waals surface area contributed by atoms with Crippen molar-refractivity contribution in [2.75, 3.05) is 12.9 Å². The van der Waals surface area contributed by atoms with E-state index in [0.717, 1.165) is 24.7 Å². The minimum atomic E-state index is -3.26. The zero-order valence-electron chi connectivity index (χ0n) is 14.0. The minimum Gasteiger partial charge on any atom is -0.480 e. The number of halogens is 1. The van der Waals surface area contributed by atoms with Crippen LogP contribution in [0.15, 0.2) is 23.6 Å². The van der Waals surface area contributed by atoms with E-state index >= 15 is 4.39 Å². The molecule has 6 nitrogen and oxygen atoms in total. The SMILES string of the molecule is COc1nc(C2(F)CCCCC2)ccc1C(=O)N[C@@H]1C=CS(=O)(=O)C1. The summed E-state index contributed by atoms with van der Waals surface area (Å²) in [4.78, 5) is 16.6. The number of hydrogen-bond donors (Lipinski definition) is 1. The van der Waals surface area contributed by atoms with E-state index in [9.17, 15) is 13.2 Å². The van der Waals surface area contributed by atoms with Gasteiger partial charge in [0.05, 0.1) is 24.6 Å². The Kier molecular flexibility index (Phi) is 4.81. The van der Waals surface area contributed by atoms with Crippen LogP contribution in [0.3, 0.4) is 0 Å². The van der Waals surface area contributed by atoms with Crippen LogP contribution in [0.25, 0.3) is 0 Å². The van der Waals surface area contributed by atoms with Crippen molar-refractivity contribution in [3.05, 3.63) is 34.9 Å². The van der Waals surface area contributed by atoms with Gasteiger partial charge in [-0.15, -0.1) is 0 Å². The lowest BCUT2D eigenvalue weighted by Crippen LogP contribution is -2.36. The largest absolute Gasteiger partial charge is 0.480 e. The van der Waals surface area contributed by atoms with Crippen molar-refractivity contribution in [2.24, 2.45) is 0 Å². The Morgan fingerprint density at radius 1 is 1.32 bits per heavy atom. The molecule has 1 aromatic heterocycles. The number of nitrogens with one attached hydrogen (secondary N) is 1. The van der Waals surface area contributed by atoms with Gasteiger partial charge in [0.25, 0.3) is 5.91 Å². The van der Waals surface area contributed by atoms with Crippen LogP contribution in [0, 0.1) is 0 Å². The van der Waals surface area contributed by atoms with Crippen molar-refractivity contribution >= 4 is 15.7 Å². The number of pyridine rings is 1. The molecular weight excluding hydrogens is 347 g/mol. The predicted molar refractivity (Wildman–Crippen MR) is 90.8 cm³/mol. The lowest BCUT2D eigenvalue weighted by Gasteiger charge is -2.29. The molecular formula is C17H21FN2O4S. The maximum Gasteiger partial charge on any atom is 0.257 e. The van der Waals surface area contributed by atoms with Gasteiger partial charge in [0.15, 0.2) is 15.5 Å². The molecule has 1 saturated carbocycles. The van der Waals surface area contributed by atoms with E-state index in [2.05, 4.69) is 10.3 Å². The number of amides is 1. The van der Waals surface area contributed by atoms with Gasteiger partial charge in [0.1, 0.15) is 5.56 Å². The molecule has 0 unspecified atom stereocenters. The zero-order chi connectivity index (χ0) is 18.1. The van der Waals surface area contributed by atoms with Crippen molar-refractivity contribution in [2.45, 2.75) is 43.8 Å². The van der Waals surface area contributed by atoms with Gasteiger partial charge in [0.2, 0.25) is 5.88 Å². The van der Waals surface area contributed by atoms with Crippen molar-refractivity contribution in [3.8, 4) is 5.88 Å². The maximum atomic E-state index is 15.1. The van der Waals surface area contributed by atoms with Crippen molar-refractivity contribution < 1.29 is 22.3 Å². The van der Waals surface area contributed by atoms with Gasteiger partial charge < -0.3 is 10.1 Å². The number of rotatable bonds is 4. The maximum absolute atomic E-state index is 15.1. The van der Waals surface area contributed by atoms with Crippen LogP contribution < -0.4 is 10.1 Å². The Bertz CT molecular complexity index is 801. The van der Waals surface area contributed by atoms with Crippen molar-refractivity contribution in [1.82, 2.24) is 10.3 Å². The first-order valence-corrected chi connectivity index (χ1v) is 10.0. The van der Waals surface area contributed by atoms with E-state index < -0.39 is 27.5 Å². The average molecular weight is 368 g/mol. The smallest absolute Gasteiger partial charge is 0.257 e. The summed E-state index contributed by atoms with van der Waals surface area (Å²) in [6, 6.07) is 2.41. The summed E-state index contributed by atoms with van der Waals surface area (Å²) in [5.41, 5.74) is -1.05. The molecule has 0 saturated heterocycles. The number of sulfone groups is 1. The van der Waals surface area contributed by atoms with Gasteiger partial charge in [-0.25, -0.2) is 17.8 Å². The molecule has 1 atom stereocenters. The molecule has 25 heavy (non-hydrogen) atoms. The van der Waals surface area contributed by atoms with E-state index in [1.807, 2.05) is 0 Å². The molecule has 0 aromatic carbocycles. The van der Waals surface area contributed by atoms with Crippen LogP contribution in [0.1, 0.15) is 48.2 Å². The van der Waals surface area contributed by atoms with E-state index in [1.54, 1.807) is 0 Å². The number of nitrogens with zero attached hydrogens (tertiary/aromatic N) is 1. The Hall–Kier alpha value is -1.96. The summed E-state index contributed by atoms with van der Waals surface area (Å²) in [7, 11) is -1.89. The van der Waals surface area contributed by atoms with Crippen LogP contribution in [-0.2, 0) is 15.5 Å². The molecule has 1 aliphatic heterocycles. The van der Waals surface area contributed by atoms with Crippen molar-refractivity contribution in [3.63, 3.8) is 0 Å². The topological polar surface area (TPSA) is 85.4 Å². The number of carbonyl (C=O) groups excluding carboxylic acids is 1. The van der Waals surface area contributed by atoms with E-state index in [0.29, 0.717) is 12.8 Å². The zero-order valence-corrected chi connectivity index (χ0v) is 14.8. The number of aromatic nitrogens is 1. The first-order valence-electron chi connectivity index (χ1n) is 8.29. The highest BCUT2D eigenvalue weighted by molar-refractivity contribution is 7.94. The number of methoxy groups -OCH3 is 1. The molecule has 1 aromatic rings. The molecule has 2 aliphatic rings. The third-order valence-corrected chi connectivity index (χ3v) is 6.05. The first-order chi connectivity index (χ1) is 11.8. The van der Waals surface area contributed by atoms with Crippen LogP contribution in [0.2, 0.25) is 0 Å². The number of ether oxygens (including phenoxy) is 1. The number of hydrogen-bond acceptors (Lipinski definition) is 5. The molecule has 8 heteroatoms. The fraction of sp³-hybridized carbons (Fsp3) is 0.529. The van der Waals surface area contributed by atoms with Crippen LogP contribution in [0.5, 0.6) is 5.88 Å². The predicted octanol–water partition coefficient (Wildman–Crippen LogP) is 2.26. The monoisotopic (exact) mass is 368 g/mol.